The van der Waals surface area contributed by atoms with Crippen molar-refractivity contribution in [1.82, 2.24) is 15.3 Å². The number of aromatic nitrogens is 2. The lowest BCUT2D eigenvalue weighted by molar-refractivity contribution is 0.221. The fraction of sp³-hybridized carbons (Fsp3) is 0.385. The number of nitrogens with zero attached hydrogens (tertiary/aromatic N) is 2. The number of hydrogen-bond acceptors (Lipinski definition) is 4. The first-order chi connectivity index (χ1) is 14.8. The maximum Gasteiger partial charge on any atom is 0.132 e. The van der Waals surface area contributed by atoms with E-state index in [2.05, 4.69) is 47.7 Å². The van der Waals surface area contributed by atoms with Gasteiger partial charge in [0.05, 0.1) is 0 Å². The summed E-state index contributed by atoms with van der Waals surface area (Å²) in [5, 5.41) is 6.75. The highest BCUT2D eigenvalue weighted by molar-refractivity contribution is 5.55. The number of benzene rings is 1. The van der Waals surface area contributed by atoms with Gasteiger partial charge in [0.25, 0.3) is 0 Å². The molecule has 0 atom stereocenters. The second-order valence-corrected chi connectivity index (χ2v) is 9.24. The Morgan fingerprint density at radius 2 is 1.90 bits per heavy atom. The second-order valence-electron chi connectivity index (χ2n) is 9.24. The van der Waals surface area contributed by atoms with Crippen LogP contribution in [0.5, 0.6) is 0 Å². The van der Waals surface area contributed by atoms with Crippen molar-refractivity contribution in [2.75, 3.05) is 18.4 Å². The molecule has 0 aliphatic carbocycles. The first kappa shape index (κ1) is 21.4. The van der Waals surface area contributed by atoms with Gasteiger partial charge in [0.15, 0.2) is 0 Å². The van der Waals surface area contributed by atoms with Crippen LogP contribution < -0.4 is 10.6 Å². The molecule has 3 heterocycles. The highest BCUT2D eigenvalue weighted by Crippen LogP contribution is 2.28. The summed E-state index contributed by atoms with van der Waals surface area (Å²) in [6.07, 6.45) is 2.49. The van der Waals surface area contributed by atoms with Crippen LogP contribution in [0.4, 0.5) is 16.0 Å². The van der Waals surface area contributed by atoms with Crippen LogP contribution in [0.25, 0.3) is 0 Å². The van der Waals surface area contributed by atoms with Crippen molar-refractivity contribution in [2.45, 2.75) is 51.6 Å². The number of pyridine rings is 2. The maximum absolute atomic E-state index is 14.4. The largest absolute Gasteiger partial charge is 0.325 e. The molecule has 0 bridgehead atoms. The topological polar surface area (TPSA) is 49.8 Å². The van der Waals surface area contributed by atoms with Gasteiger partial charge in [-0.2, -0.15) is 0 Å². The lowest BCUT2D eigenvalue weighted by Gasteiger charge is -2.28. The molecular formula is C26H31FN4. The van der Waals surface area contributed by atoms with E-state index in [1.54, 1.807) is 13.8 Å². The predicted octanol–water partition coefficient (Wildman–Crippen LogP) is 5.83. The molecule has 4 nitrogen and oxygen atoms in total. The summed E-state index contributed by atoms with van der Waals surface area (Å²) in [7, 11) is 0. The normalized spacial score (nSPS) is 14.5. The first-order valence-electron chi connectivity index (χ1n) is 11.0. The molecule has 0 radical (unpaired) electrons. The van der Waals surface area contributed by atoms with Crippen LogP contribution in [-0.4, -0.2) is 23.1 Å². The lowest BCUT2D eigenvalue weighted by Crippen LogP contribution is -2.39. The maximum atomic E-state index is 14.4. The third-order valence-electron chi connectivity index (χ3n) is 5.86. The number of rotatable bonds is 7. The molecule has 1 fully saturated rings. The van der Waals surface area contributed by atoms with Crippen LogP contribution in [-0.2, 0) is 12.1 Å². The Hall–Kier alpha value is -2.79. The minimum Gasteiger partial charge on any atom is -0.325 e. The molecule has 2 aromatic heterocycles. The molecule has 4 rings (SSSR count). The average molecular weight is 419 g/mol. The summed E-state index contributed by atoms with van der Waals surface area (Å²) in [6.45, 7) is 9.49. The second kappa shape index (κ2) is 8.75. The minimum absolute atomic E-state index is 0.437. The monoisotopic (exact) mass is 418 g/mol. The van der Waals surface area contributed by atoms with Gasteiger partial charge in [-0.05, 0) is 66.3 Å². The molecule has 31 heavy (non-hydrogen) atoms. The van der Waals surface area contributed by atoms with Gasteiger partial charge in [-0.1, -0.05) is 38.1 Å². The lowest BCUT2D eigenvalue weighted by atomic mass is 9.92. The molecular weight excluding hydrogens is 387 g/mol. The predicted molar refractivity (Wildman–Crippen MR) is 125 cm³/mol. The zero-order valence-corrected chi connectivity index (χ0v) is 18.7. The quantitative estimate of drug-likeness (QED) is 0.507. The van der Waals surface area contributed by atoms with Crippen molar-refractivity contribution in [3.8, 4) is 0 Å². The number of halogens is 1. The SMILES string of the molecule is CC(C)c1ccnc(Nc2cc(C3CNC3)cc(Cc3cccc(C(C)(C)F)c3)n2)c1. The standard InChI is InChI=1S/C26H31FN4/c1-17(2)19-8-9-29-24(13-19)31-25-14-20(21-15-28-16-21)12-23(30-25)11-18-6-5-7-22(10-18)26(3,4)27/h5-10,12-14,17,21,28H,11,15-16H2,1-4H3,(H,29,30,31). The van der Waals surface area contributed by atoms with Crippen LogP contribution in [0.3, 0.4) is 0 Å². The Morgan fingerprint density at radius 3 is 2.58 bits per heavy atom. The van der Waals surface area contributed by atoms with Crippen LogP contribution in [0.1, 0.15) is 67.5 Å². The molecule has 0 amide bonds. The van der Waals surface area contributed by atoms with E-state index < -0.39 is 5.67 Å². The van der Waals surface area contributed by atoms with E-state index in [-0.39, 0.29) is 0 Å². The van der Waals surface area contributed by atoms with E-state index in [0.29, 0.717) is 23.8 Å². The molecule has 2 N–H and O–H groups in total. The van der Waals surface area contributed by atoms with Crippen molar-refractivity contribution in [3.05, 3.63) is 82.7 Å². The van der Waals surface area contributed by atoms with E-state index in [4.69, 9.17) is 4.98 Å². The van der Waals surface area contributed by atoms with E-state index in [1.807, 2.05) is 36.5 Å². The summed E-state index contributed by atoms with van der Waals surface area (Å²) < 4.78 is 14.4. The third-order valence-corrected chi connectivity index (χ3v) is 5.86. The van der Waals surface area contributed by atoms with E-state index in [9.17, 15) is 4.39 Å². The van der Waals surface area contributed by atoms with Crippen LogP contribution in [0.2, 0.25) is 0 Å². The molecule has 0 saturated carbocycles. The van der Waals surface area contributed by atoms with Crippen LogP contribution in [0, 0.1) is 0 Å². The average Bonchev–Trinajstić information content (AvgIpc) is 2.66. The van der Waals surface area contributed by atoms with Gasteiger partial charge in [-0.3, -0.25) is 0 Å². The Morgan fingerprint density at radius 1 is 1.10 bits per heavy atom. The summed E-state index contributed by atoms with van der Waals surface area (Å²) in [4.78, 5) is 9.34. The fourth-order valence-corrected chi connectivity index (χ4v) is 3.79. The molecule has 5 heteroatoms. The van der Waals surface area contributed by atoms with Crippen molar-refractivity contribution in [3.63, 3.8) is 0 Å². The van der Waals surface area contributed by atoms with Gasteiger partial charge in [0, 0.05) is 37.3 Å². The smallest absolute Gasteiger partial charge is 0.132 e. The number of alkyl halides is 1. The number of nitrogens with one attached hydrogen (secondary N) is 2. The molecule has 0 unspecified atom stereocenters. The van der Waals surface area contributed by atoms with E-state index in [0.717, 1.165) is 36.0 Å². The summed E-state index contributed by atoms with van der Waals surface area (Å²) in [5.74, 6) is 2.53. The van der Waals surface area contributed by atoms with Gasteiger partial charge in [-0.25, -0.2) is 14.4 Å². The Kier molecular flexibility index (Phi) is 6.05. The highest BCUT2D eigenvalue weighted by atomic mass is 19.1. The van der Waals surface area contributed by atoms with Gasteiger partial charge >= 0.3 is 0 Å². The summed E-state index contributed by atoms with van der Waals surface area (Å²) in [6, 6.07) is 16.2. The molecule has 1 aromatic carbocycles. The van der Waals surface area contributed by atoms with E-state index >= 15 is 0 Å². The molecule has 1 aliphatic rings. The van der Waals surface area contributed by atoms with Gasteiger partial charge < -0.3 is 10.6 Å². The fourth-order valence-electron chi connectivity index (χ4n) is 3.79. The van der Waals surface area contributed by atoms with Crippen LogP contribution in [0.15, 0.2) is 54.7 Å². The van der Waals surface area contributed by atoms with Gasteiger partial charge in [-0.15, -0.1) is 0 Å². The molecule has 3 aromatic rings. The van der Waals surface area contributed by atoms with Crippen molar-refractivity contribution < 1.29 is 4.39 Å². The van der Waals surface area contributed by atoms with Gasteiger partial charge in [0.1, 0.15) is 17.3 Å². The first-order valence-corrected chi connectivity index (χ1v) is 11.0. The van der Waals surface area contributed by atoms with Crippen molar-refractivity contribution in [1.29, 1.82) is 0 Å². The zero-order chi connectivity index (χ0) is 22.0. The minimum atomic E-state index is -1.36. The Labute approximate surface area is 184 Å². The zero-order valence-electron chi connectivity index (χ0n) is 18.7. The third kappa shape index (κ3) is 5.28. The van der Waals surface area contributed by atoms with Crippen molar-refractivity contribution >= 4 is 11.6 Å². The molecule has 162 valence electrons. The van der Waals surface area contributed by atoms with Gasteiger partial charge in [0.2, 0.25) is 0 Å². The molecule has 1 saturated heterocycles. The molecule has 1 aliphatic heterocycles. The summed E-state index contributed by atoms with van der Waals surface area (Å²) >= 11 is 0. The number of hydrogen-bond donors (Lipinski definition) is 2. The Balaban J connectivity index is 1.63. The van der Waals surface area contributed by atoms with E-state index in [1.165, 1.54) is 11.1 Å². The highest BCUT2D eigenvalue weighted by Gasteiger charge is 2.21. The van der Waals surface area contributed by atoms with Crippen molar-refractivity contribution in [2.24, 2.45) is 0 Å². The van der Waals surface area contributed by atoms with Crippen LogP contribution >= 0.6 is 0 Å². The number of anilines is 2. The molecule has 0 spiro atoms. The summed E-state index contributed by atoms with van der Waals surface area (Å²) in [5.41, 5.74) is 3.88. The Bertz CT molecular complexity index is 1050.